The Labute approximate surface area is 371 Å². The van der Waals surface area contributed by atoms with Crippen molar-refractivity contribution in [3.63, 3.8) is 0 Å². The fraction of sp³-hybridized carbons (Fsp3) is 0.552. The molecule has 0 unspecified atom stereocenters. The fourth-order valence-corrected chi connectivity index (χ4v) is 11.5. The highest BCUT2D eigenvalue weighted by molar-refractivity contribution is 5.92. The molecule has 0 spiro atoms. The van der Waals surface area contributed by atoms with E-state index in [1.165, 1.54) is 210 Å². The molecule has 61 heavy (non-hydrogen) atoms. The van der Waals surface area contributed by atoms with E-state index in [-0.39, 0.29) is 10.8 Å². The Morgan fingerprint density at radius 2 is 0.869 bits per heavy atom. The number of hydrogen-bond acceptors (Lipinski definition) is 3. The summed E-state index contributed by atoms with van der Waals surface area (Å²) >= 11 is 0. The van der Waals surface area contributed by atoms with Crippen LogP contribution in [0.5, 0.6) is 0 Å². The van der Waals surface area contributed by atoms with Gasteiger partial charge in [-0.1, -0.05) is 216 Å². The quantitative estimate of drug-likeness (QED) is 0.0522. The van der Waals surface area contributed by atoms with Crippen molar-refractivity contribution in [2.45, 2.75) is 206 Å². The standard InChI is InChI=1S/C58H78N2O/c1-7-11-15-19-21-27-37-58(38-28-22-20-16-12-8-2)51-40-43(5)31-33-48(51)54-49(39-44(6)41-53(54)58)56-60-59-55(61-56)45-32-34-47-46-29-23-24-30-50(46)57(52(47)42-45,35-25-17-13-9-3)36-26-18-14-10-4/h23-24,29-34,39-42H,7-22,25-28,35-38H2,1-6H3. The van der Waals surface area contributed by atoms with Gasteiger partial charge in [0, 0.05) is 22.0 Å². The molecular formula is C58H78N2O. The van der Waals surface area contributed by atoms with E-state index in [9.17, 15) is 0 Å². The minimum atomic E-state index is 0.00238. The average molecular weight is 819 g/mol. The van der Waals surface area contributed by atoms with Crippen molar-refractivity contribution in [1.82, 2.24) is 10.2 Å². The number of unbranched alkanes of at least 4 members (excludes halogenated alkanes) is 16. The van der Waals surface area contributed by atoms with E-state index in [1.54, 1.807) is 0 Å². The molecule has 0 amide bonds. The lowest BCUT2D eigenvalue weighted by Crippen LogP contribution is -2.26. The number of aromatic nitrogens is 2. The summed E-state index contributed by atoms with van der Waals surface area (Å²) in [4.78, 5) is 0. The van der Waals surface area contributed by atoms with Crippen LogP contribution in [0.2, 0.25) is 0 Å². The molecule has 1 heterocycles. The SMILES string of the molecule is CCCCCCCCC1(CCCCCCCC)c2cc(C)ccc2-c2c(-c3nnc(-c4ccc5c(c4)C(CCCCCC)(CCCCCC)c4ccccc4-5)o3)cc(C)cc21. The lowest BCUT2D eigenvalue weighted by molar-refractivity contribution is 0.397. The third-order valence-corrected chi connectivity index (χ3v) is 14.8. The summed E-state index contributed by atoms with van der Waals surface area (Å²) in [6.45, 7) is 13.8. The molecule has 1 aromatic heterocycles. The summed E-state index contributed by atoms with van der Waals surface area (Å²) in [5.74, 6) is 1.27. The van der Waals surface area contributed by atoms with Crippen molar-refractivity contribution in [3.05, 3.63) is 106 Å². The summed E-state index contributed by atoms with van der Waals surface area (Å²) in [5.41, 5.74) is 16.3. The van der Waals surface area contributed by atoms with Gasteiger partial charge in [0.15, 0.2) is 0 Å². The zero-order chi connectivity index (χ0) is 42.7. The van der Waals surface area contributed by atoms with E-state index in [1.807, 2.05) is 0 Å². The molecule has 0 radical (unpaired) electrons. The highest BCUT2D eigenvalue weighted by Gasteiger charge is 2.45. The Morgan fingerprint density at radius 3 is 1.49 bits per heavy atom. The van der Waals surface area contributed by atoms with Gasteiger partial charge in [-0.05, 0) is 108 Å². The maximum atomic E-state index is 6.92. The van der Waals surface area contributed by atoms with Gasteiger partial charge in [0.2, 0.25) is 11.8 Å². The summed E-state index contributed by atoms with van der Waals surface area (Å²) in [5, 5.41) is 9.79. The molecule has 3 nitrogen and oxygen atoms in total. The third kappa shape index (κ3) is 9.67. The normalized spacial score (nSPS) is 14.3. The van der Waals surface area contributed by atoms with Gasteiger partial charge < -0.3 is 4.42 Å². The Morgan fingerprint density at radius 1 is 0.393 bits per heavy atom. The van der Waals surface area contributed by atoms with Crippen LogP contribution in [-0.2, 0) is 10.8 Å². The van der Waals surface area contributed by atoms with Gasteiger partial charge in [-0.2, -0.15) is 0 Å². The van der Waals surface area contributed by atoms with E-state index in [0.29, 0.717) is 11.8 Å². The molecular weight excluding hydrogens is 741 g/mol. The van der Waals surface area contributed by atoms with Gasteiger partial charge in [-0.15, -0.1) is 10.2 Å². The van der Waals surface area contributed by atoms with Crippen molar-refractivity contribution >= 4 is 0 Å². The fourth-order valence-electron chi connectivity index (χ4n) is 11.5. The first-order valence-corrected chi connectivity index (χ1v) is 25.3. The van der Waals surface area contributed by atoms with Crippen molar-refractivity contribution in [2.75, 3.05) is 0 Å². The number of benzene rings is 4. The van der Waals surface area contributed by atoms with Crippen molar-refractivity contribution in [1.29, 1.82) is 0 Å². The van der Waals surface area contributed by atoms with Gasteiger partial charge in [0.1, 0.15) is 0 Å². The zero-order valence-electron chi connectivity index (χ0n) is 39.2. The summed E-state index contributed by atoms with van der Waals surface area (Å²) < 4.78 is 6.92. The van der Waals surface area contributed by atoms with Crippen LogP contribution in [-0.4, -0.2) is 10.2 Å². The molecule has 2 aliphatic rings. The minimum absolute atomic E-state index is 0.00238. The first kappa shape index (κ1) is 45.1. The molecule has 0 atom stereocenters. The van der Waals surface area contributed by atoms with Crippen LogP contribution in [0.3, 0.4) is 0 Å². The minimum Gasteiger partial charge on any atom is -0.416 e. The highest BCUT2D eigenvalue weighted by atomic mass is 16.4. The van der Waals surface area contributed by atoms with E-state index in [2.05, 4.69) is 114 Å². The molecule has 0 aliphatic heterocycles. The van der Waals surface area contributed by atoms with Gasteiger partial charge >= 0.3 is 0 Å². The molecule has 3 heteroatoms. The van der Waals surface area contributed by atoms with Crippen LogP contribution in [0.15, 0.2) is 77.2 Å². The van der Waals surface area contributed by atoms with Crippen LogP contribution in [0.4, 0.5) is 0 Å². The summed E-state index contributed by atoms with van der Waals surface area (Å²) in [6, 6.07) is 28.4. The largest absolute Gasteiger partial charge is 0.416 e. The molecule has 0 fully saturated rings. The van der Waals surface area contributed by atoms with Crippen molar-refractivity contribution in [2.24, 2.45) is 0 Å². The number of hydrogen-bond donors (Lipinski definition) is 0. The Hall–Kier alpha value is -3.98. The first-order valence-electron chi connectivity index (χ1n) is 25.3. The lowest BCUT2D eigenvalue weighted by Gasteiger charge is -2.33. The lowest BCUT2D eigenvalue weighted by atomic mass is 9.70. The number of nitrogens with zero attached hydrogens (tertiary/aromatic N) is 2. The Balaban J connectivity index is 1.27. The van der Waals surface area contributed by atoms with Crippen LogP contribution in [0.25, 0.3) is 45.2 Å². The van der Waals surface area contributed by atoms with E-state index < -0.39 is 0 Å². The molecule has 0 saturated heterocycles. The second kappa shape index (κ2) is 21.4. The van der Waals surface area contributed by atoms with Crippen LogP contribution in [0, 0.1) is 13.8 Å². The third-order valence-electron chi connectivity index (χ3n) is 14.8. The van der Waals surface area contributed by atoms with E-state index in [4.69, 9.17) is 14.6 Å². The predicted octanol–water partition coefficient (Wildman–Crippen LogP) is 18.0. The molecule has 5 aromatic rings. The van der Waals surface area contributed by atoms with Crippen LogP contribution >= 0.6 is 0 Å². The maximum Gasteiger partial charge on any atom is 0.248 e. The number of rotatable bonds is 26. The average Bonchev–Trinajstić information content (AvgIpc) is 3.94. The molecule has 326 valence electrons. The molecule has 0 saturated carbocycles. The van der Waals surface area contributed by atoms with Gasteiger partial charge in [0.25, 0.3) is 0 Å². The van der Waals surface area contributed by atoms with Crippen molar-refractivity contribution < 1.29 is 4.42 Å². The summed E-state index contributed by atoms with van der Waals surface area (Å²) in [7, 11) is 0. The second-order valence-electron chi connectivity index (χ2n) is 19.3. The first-order chi connectivity index (χ1) is 29.9. The molecule has 0 N–H and O–H groups in total. The summed E-state index contributed by atoms with van der Waals surface area (Å²) in [6.07, 6.45) is 30.8. The molecule has 2 aliphatic carbocycles. The number of aryl methyl sites for hydroxylation is 2. The maximum absolute atomic E-state index is 6.92. The zero-order valence-corrected chi connectivity index (χ0v) is 39.2. The van der Waals surface area contributed by atoms with E-state index in [0.717, 1.165) is 11.1 Å². The number of fused-ring (bicyclic) bond motifs is 6. The molecule has 7 rings (SSSR count). The Kier molecular flexibility index (Phi) is 15.8. The van der Waals surface area contributed by atoms with Gasteiger partial charge in [0.05, 0.1) is 0 Å². The topological polar surface area (TPSA) is 38.9 Å². The Bertz CT molecular complexity index is 2140. The van der Waals surface area contributed by atoms with Crippen LogP contribution in [0.1, 0.15) is 215 Å². The van der Waals surface area contributed by atoms with Crippen molar-refractivity contribution in [3.8, 4) is 45.2 Å². The smallest absolute Gasteiger partial charge is 0.248 e. The molecule has 4 aromatic carbocycles. The second-order valence-corrected chi connectivity index (χ2v) is 19.3. The van der Waals surface area contributed by atoms with E-state index >= 15 is 0 Å². The van der Waals surface area contributed by atoms with Gasteiger partial charge in [-0.3, -0.25) is 0 Å². The van der Waals surface area contributed by atoms with Crippen LogP contribution < -0.4 is 0 Å². The van der Waals surface area contributed by atoms with Gasteiger partial charge in [-0.25, -0.2) is 0 Å². The monoisotopic (exact) mass is 819 g/mol. The predicted molar refractivity (Wildman–Crippen MR) is 261 cm³/mol. The molecule has 0 bridgehead atoms. The highest BCUT2D eigenvalue weighted by Crippen LogP contribution is 2.58.